The van der Waals surface area contributed by atoms with Crippen LogP contribution in [0.5, 0.6) is 0 Å². The topological polar surface area (TPSA) is 89.3 Å². The summed E-state index contributed by atoms with van der Waals surface area (Å²) in [7, 11) is 1.64. The average molecular weight is 224 g/mol. The Kier molecular flexibility index (Phi) is 5.24. The van der Waals surface area contributed by atoms with Gasteiger partial charge < -0.3 is 21.1 Å². The van der Waals surface area contributed by atoms with Crippen molar-refractivity contribution in [2.75, 3.05) is 37.4 Å². The SMILES string of the molecule is COCCNc1ccc(NC(=O)CN)cn1. The number of hydrogen-bond donors (Lipinski definition) is 3. The van der Waals surface area contributed by atoms with Crippen LogP contribution in [0.3, 0.4) is 0 Å². The van der Waals surface area contributed by atoms with Crippen molar-refractivity contribution >= 4 is 17.4 Å². The number of carbonyl (C=O) groups is 1. The van der Waals surface area contributed by atoms with Gasteiger partial charge in [-0.1, -0.05) is 0 Å². The summed E-state index contributed by atoms with van der Waals surface area (Å²) >= 11 is 0. The van der Waals surface area contributed by atoms with E-state index in [1.165, 1.54) is 0 Å². The molecule has 6 nitrogen and oxygen atoms in total. The summed E-state index contributed by atoms with van der Waals surface area (Å²) in [6.07, 6.45) is 1.57. The number of carbonyl (C=O) groups excluding carboxylic acids is 1. The molecule has 0 aliphatic rings. The number of nitrogens with zero attached hydrogens (tertiary/aromatic N) is 1. The number of ether oxygens (including phenoxy) is 1. The Bertz CT molecular complexity index is 326. The molecule has 0 spiro atoms. The minimum atomic E-state index is -0.234. The Labute approximate surface area is 94.2 Å². The smallest absolute Gasteiger partial charge is 0.238 e. The highest BCUT2D eigenvalue weighted by atomic mass is 16.5. The molecule has 1 aromatic heterocycles. The third-order valence-corrected chi connectivity index (χ3v) is 1.84. The molecular formula is C10H16N4O2. The van der Waals surface area contributed by atoms with E-state index in [-0.39, 0.29) is 12.5 Å². The number of rotatable bonds is 6. The first-order valence-electron chi connectivity index (χ1n) is 4.95. The third-order valence-electron chi connectivity index (χ3n) is 1.84. The van der Waals surface area contributed by atoms with Crippen molar-refractivity contribution in [2.24, 2.45) is 5.73 Å². The van der Waals surface area contributed by atoms with Crippen LogP contribution in [0.15, 0.2) is 18.3 Å². The third kappa shape index (κ3) is 4.24. The van der Waals surface area contributed by atoms with E-state index in [0.29, 0.717) is 18.8 Å². The molecule has 4 N–H and O–H groups in total. The summed E-state index contributed by atoms with van der Waals surface area (Å²) in [5.41, 5.74) is 5.80. The lowest BCUT2D eigenvalue weighted by Crippen LogP contribution is -2.21. The molecule has 0 saturated carbocycles. The first kappa shape index (κ1) is 12.4. The van der Waals surface area contributed by atoms with Crippen LogP contribution in [0.25, 0.3) is 0 Å². The molecule has 0 fully saturated rings. The minimum Gasteiger partial charge on any atom is -0.383 e. The van der Waals surface area contributed by atoms with Crippen molar-refractivity contribution in [1.82, 2.24) is 4.98 Å². The van der Waals surface area contributed by atoms with Crippen LogP contribution in [0.1, 0.15) is 0 Å². The molecule has 0 radical (unpaired) electrons. The van der Waals surface area contributed by atoms with E-state index >= 15 is 0 Å². The van der Waals surface area contributed by atoms with Gasteiger partial charge in [-0.25, -0.2) is 4.98 Å². The van der Waals surface area contributed by atoms with Crippen LogP contribution in [0.4, 0.5) is 11.5 Å². The van der Waals surface area contributed by atoms with Gasteiger partial charge in [0.05, 0.1) is 25.0 Å². The summed E-state index contributed by atoms with van der Waals surface area (Å²) < 4.78 is 4.89. The molecule has 0 unspecified atom stereocenters. The second-order valence-electron chi connectivity index (χ2n) is 3.10. The number of nitrogens with two attached hydrogens (primary N) is 1. The Hall–Kier alpha value is -1.66. The van der Waals surface area contributed by atoms with Crippen molar-refractivity contribution in [2.45, 2.75) is 0 Å². The number of hydrogen-bond acceptors (Lipinski definition) is 5. The van der Waals surface area contributed by atoms with Gasteiger partial charge in [-0.05, 0) is 12.1 Å². The maximum absolute atomic E-state index is 11.0. The van der Waals surface area contributed by atoms with Crippen LogP contribution in [-0.2, 0) is 9.53 Å². The second kappa shape index (κ2) is 6.76. The molecule has 0 aliphatic heterocycles. The Morgan fingerprint density at radius 3 is 2.94 bits per heavy atom. The lowest BCUT2D eigenvalue weighted by atomic mass is 10.4. The molecule has 1 rings (SSSR count). The van der Waals surface area contributed by atoms with Crippen LogP contribution in [0, 0.1) is 0 Å². The molecule has 0 aliphatic carbocycles. The maximum atomic E-state index is 11.0. The molecule has 1 aromatic rings. The molecular weight excluding hydrogens is 208 g/mol. The fraction of sp³-hybridized carbons (Fsp3) is 0.400. The monoisotopic (exact) mass is 224 g/mol. The number of anilines is 2. The number of methoxy groups -OCH3 is 1. The predicted molar refractivity (Wildman–Crippen MR) is 62.3 cm³/mol. The van der Waals surface area contributed by atoms with E-state index in [0.717, 1.165) is 5.82 Å². The minimum absolute atomic E-state index is 0.0339. The molecule has 0 atom stereocenters. The Morgan fingerprint density at radius 1 is 1.56 bits per heavy atom. The van der Waals surface area contributed by atoms with E-state index in [1.807, 2.05) is 0 Å². The summed E-state index contributed by atoms with van der Waals surface area (Å²) in [5, 5.41) is 5.67. The zero-order valence-corrected chi connectivity index (χ0v) is 9.19. The van der Waals surface area contributed by atoms with Crippen molar-refractivity contribution < 1.29 is 9.53 Å². The van der Waals surface area contributed by atoms with Crippen molar-refractivity contribution in [1.29, 1.82) is 0 Å². The van der Waals surface area contributed by atoms with E-state index in [2.05, 4.69) is 15.6 Å². The first-order valence-corrected chi connectivity index (χ1v) is 4.95. The van der Waals surface area contributed by atoms with Crippen molar-refractivity contribution in [3.05, 3.63) is 18.3 Å². The van der Waals surface area contributed by atoms with Crippen LogP contribution >= 0.6 is 0 Å². The zero-order valence-electron chi connectivity index (χ0n) is 9.19. The van der Waals surface area contributed by atoms with Gasteiger partial charge >= 0.3 is 0 Å². The summed E-state index contributed by atoms with van der Waals surface area (Å²) in [5.74, 6) is 0.504. The fourth-order valence-electron chi connectivity index (χ4n) is 1.07. The average Bonchev–Trinajstić information content (AvgIpc) is 2.31. The van der Waals surface area contributed by atoms with Crippen LogP contribution in [-0.4, -0.2) is 37.7 Å². The quantitative estimate of drug-likeness (QED) is 0.593. The molecule has 1 amide bonds. The summed E-state index contributed by atoms with van der Waals surface area (Å²) in [4.78, 5) is 15.1. The lowest BCUT2D eigenvalue weighted by molar-refractivity contribution is -0.114. The highest BCUT2D eigenvalue weighted by molar-refractivity contribution is 5.91. The number of amides is 1. The van der Waals surface area contributed by atoms with Gasteiger partial charge in [0.25, 0.3) is 0 Å². The predicted octanol–water partition coefficient (Wildman–Crippen LogP) is 0.0371. The van der Waals surface area contributed by atoms with E-state index in [1.54, 1.807) is 25.4 Å². The normalized spacial score (nSPS) is 9.88. The zero-order chi connectivity index (χ0) is 11.8. The van der Waals surface area contributed by atoms with E-state index < -0.39 is 0 Å². The van der Waals surface area contributed by atoms with E-state index in [4.69, 9.17) is 10.5 Å². The standard InChI is InChI=1S/C10H16N4O2/c1-16-5-4-12-9-3-2-8(7-13-9)14-10(15)6-11/h2-3,7H,4-6,11H2,1H3,(H,12,13)(H,14,15). The van der Waals surface area contributed by atoms with Gasteiger partial charge in [-0.15, -0.1) is 0 Å². The molecule has 0 aromatic carbocycles. The molecule has 0 bridgehead atoms. The van der Waals surface area contributed by atoms with Gasteiger partial charge in [0.1, 0.15) is 5.82 Å². The second-order valence-corrected chi connectivity index (χ2v) is 3.10. The maximum Gasteiger partial charge on any atom is 0.238 e. The van der Waals surface area contributed by atoms with Crippen molar-refractivity contribution in [3.8, 4) is 0 Å². The van der Waals surface area contributed by atoms with Gasteiger partial charge in [0, 0.05) is 13.7 Å². The Morgan fingerprint density at radius 2 is 2.38 bits per heavy atom. The van der Waals surface area contributed by atoms with Gasteiger partial charge in [-0.3, -0.25) is 4.79 Å². The largest absolute Gasteiger partial charge is 0.383 e. The van der Waals surface area contributed by atoms with Crippen LogP contribution < -0.4 is 16.4 Å². The highest BCUT2D eigenvalue weighted by Gasteiger charge is 1.99. The molecule has 88 valence electrons. The lowest BCUT2D eigenvalue weighted by Gasteiger charge is -2.06. The number of nitrogens with one attached hydrogen (secondary N) is 2. The first-order chi connectivity index (χ1) is 7.76. The molecule has 0 saturated heterocycles. The van der Waals surface area contributed by atoms with Gasteiger partial charge in [0.15, 0.2) is 0 Å². The summed E-state index contributed by atoms with van der Waals surface area (Å²) in [6.45, 7) is 1.28. The van der Waals surface area contributed by atoms with Crippen LogP contribution in [0.2, 0.25) is 0 Å². The number of aromatic nitrogens is 1. The van der Waals surface area contributed by atoms with Crippen molar-refractivity contribution in [3.63, 3.8) is 0 Å². The van der Waals surface area contributed by atoms with Gasteiger partial charge in [-0.2, -0.15) is 0 Å². The number of pyridine rings is 1. The highest BCUT2D eigenvalue weighted by Crippen LogP contribution is 2.08. The molecule has 6 heteroatoms. The molecule has 1 heterocycles. The fourth-order valence-corrected chi connectivity index (χ4v) is 1.07. The van der Waals surface area contributed by atoms with Gasteiger partial charge in [0.2, 0.25) is 5.91 Å². The molecule has 16 heavy (non-hydrogen) atoms. The summed E-state index contributed by atoms with van der Waals surface area (Å²) in [6, 6.07) is 3.54. The van der Waals surface area contributed by atoms with E-state index in [9.17, 15) is 4.79 Å². The Balaban J connectivity index is 2.44.